The number of aryl methyl sites for hydroxylation is 1. The minimum Gasteiger partial charge on any atom is -0.548 e. The summed E-state index contributed by atoms with van der Waals surface area (Å²) in [6, 6.07) is 7.29. The molecule has 0 unspecified atom stereocenters. The fraction of sp³-hybridized carbons (Fsp3) is 0.368. The van der Waals surface area contributed by atoms with Gasteiger partial charge in [-0.3, -0.25) is 9.59 Å². The van der Waals surface area contributed by atoms with Crippen molar-refractivity contribution in [2.24, 2.45) is 0 Å². The predicted molar refractivity (Wildman–Crippen MR) is 99.0 cm³/mol. The number of nitrogens with one attached hydrogen (secondary N) is 1. The summed E-state index contributed by atoms with van der Waals surface area (Å²) < 4.78 is 4.49. The number of carbonyl (C=O) groups excluding carboxylic acids is 3. The van der Waals surface area contributed by atoms with E-state index in [1.54, 1.807) is 20.8 Å². The van der Waals surface area contributed by atoms with Gasteiger partial charge >= 0.3 is 29.6 Å². The van der Waals surface area contributed by atoms with Crippen molar-refractivity contribution < 1.29 is 53.6 Å². The summed E-state index contributed by atoms with van der Waals surface area (Å²) in [5.74, 6) is -1.86. The Bertz CT molecular complexity index is 977. The van der Waals surface area contributed by atoms with Gasteiger partial charge < -0.3 is 24.6 Å². The van der Waals surface area contributed by atoms with E-state index in [-0.39, 0.29) is 35.1 Å². The Labute approximate surface area is 193 Å². The number of hydrogen-bond donors (Lipinski definition) is 1. The number of nitrogens with zero attached hydrogens (tertiary/aromatic N) is 2. The van der Waals surface area contributed by atoms with Gasteiger partial charge in [-0.1, -0.05) is 35.5 Å². The van der Waals surface area contributed by atoms with Crippen molar-refractivity contribution in [3.63, 3.8) is 0 Å². The molecule has 0 saturated carbocycles. The average Bonchev–Trinajstić information content (AvgIpc) is 3.15. The molecule has 146 valence electrons. The fourth-order valence-electron chi connectivity index (χ4n) is 3.77. The summed E-state index contributed by atoms with van der Waals surface area (Å²) in [7, 11) is 0. The van der Waals surface area contributed by atoms with Gasteiger partial charge in [-0.05, 0) is 20.8 Å². The zero-order chi connectivity index (χ0) is 20.2. The van der Waals surface area contributed by atoms with Crippen LogP contribution in [0.4, 0.5) is 0 Å². The molecule has 2 amide bonds. The molecule has 29 heavy (non-hydrogen) atoms. The number of carboxylic acids is 1. The first-order valence-electron chi connectivity index (χ1n) is 8.76. The van der Waals surface area contributed by atoms with E-state index in [4.69, 9.17) is 4.52 Å². The third-order valence-corrected chi connectivity index (χ3v) is 6.66. The summed E-state index contributed by atoms with van der Waals surface area (Å²) in [5.41, 5.74) is 1.38. The molecule has 2 saturated heterocycles. The van der Waals surface area contributed by atoms with E-state index in [2.05, 4.69) is 10.5 Å². The van der Waals surface area contributed by atoms with E-state index in [1.165, 1.54) is 16.7 Å². The maximum atomic E-state index is 12.9. The molecule has 1 N–H and O–H groups in total. The summed E-state index contributed by atoms with van der Waals surface area (Å²) in [5, 5.41) is 17.7. The van der Waals surface area contributed by atoms with Crippen molar-refractivity contribution in [2.75, 3.05) is 0 Å². The first-order chi connectivity index (χ1) is 13.2. The van der Waals surface area contributed by atoms with Crippen LogP contribution in [0.25, 0.3) is 11.3 Å². The molecule has 3 heterocycles. The normalized spacial score (nSPS) is 24.3. The molecule has 10 heteroatoms. The van der Waals surface area contributed by atoms with Crippen LogP contribution in [-0.4, -0.2) is 50.0 Å². The zero-order valence-electron chi connectivity index (χ0n) is 16.5. The Balaban J connectivity index is 0.00000240. The van der Waals surface area contributed by atoms with Gasteiger partial charge in [0, 0.05) is 10.3 Å². The van der Waals surface area contributed by atoms with Gasteiger partial charge in [0.15, 0.2) is 0 Å². The van der Waals surface area contributed by atoms with E-state index in [1.807, 2.05) is 30.3 Å². The molecule has 0 bridgehead atoms. The van der Waals surface area contributed by atoms with E-state index in [0.29, 0.717) is 11.5 Å². The number of aliphatic carboxylic acids is 1. The topological polar surface area (TPSA) is 116 Å². The summed E-state index contributed by atoms with van der Waals surface area (Å²) in [6.07, 6.45) is 0. The van der Waals surface area contributed by atoms with Gasteiger partial charge in [0.1, 0.15) is 28.4 Å². The molecule has 2 aliphatic rings. The molecule has 0 spiro atoms. The number of carbonyl (C=O) groups is 3. The minimum absolute atomic E-state index is 0. The SMILES string of the molecule is Cc1onc(-c2ccccc2)c1C(=O)N[C@H]1C(=O)N2[C@H]1SC(C)(C)[C@H]2C(=O)[O-].[Na+]. The van der Waals surface area contributed by atoms with Gasteiger partial charge in [-0.15, -0.1) is 11.8 Å². The average molecular weight is 423 g/mol. The monoisotopic (exact) mass is 423 g/mol. The van der Waals surface area contributed by atoms with Crippen molar-refractivity contribution in [3.05, 3.63) is 41.7 Å². The minimum atomic E-state index is -1.29. The van der Waals surface area contributed by atoms with Crippen molar-refractivity contribution in [1.29, 1.82) is 0 Å². The Hall–Kier alpha value is -1.81. The second-order valence-corrected chi connectivity index (χ2v) is 9.13. The van der Waals surface area contributed by atoms with Gasteiger partial charge in [-0.25, -0.2) is 0 Å². The molecule has 2 aliphatic heterocycles. The molecule has 1 aromatic carbocycles. The van der Waals surface area contributed by atoms with Crippen LogP contribution in [0, 0.1) is 6.92 Å². The van der Waals surface area contributed by atoms with E-state index >= 15 is 0 Å². The third kappa shape index (κ3) is 3.50. The van der Waals surface area contributed by atoms with Gasteiger partial charge in [0.25, 0.3) is 5.91 Å². The van der Waals surface area contributed by atoms with Crippen LogP contribution in [0.2, 0.25) is 0 Å². The molecule has 2 aromatic rings. The molecule has 2 fully saturated rings. The second kappa shape index (κ2) is 7.79. The molecular weight excluding hydrogens is 405 g/mol. The van der Waals surface area contributed by atoms with Crippen molar-refractivity contribution in [2.45, 2.75) is 43.0 Å². The molecule has 8 nitrogen and oxygen atoms in total. The number of benzene rings is 1. The number of carboxylic acid groups (broad SMARTS) is 1. The third-order valence-electron chi connectivity index (χ3n) is 5.09. The Morgan fingerprint density at radius 2 is 1.93 bits per heavy atom. The van der Waals surface area contributed by atoms with Crippen LogP contribution >= 0.6 is 11.8 Å². The molecule has 0 radical (unpaired) electrons. The number of thioether (sulfide) groups is 1. The Morgan fingerprint density at radius 1 is 1.28 bits per heavy atom. The Morgan fingerprint density at radius 3 is 2.55 bits per heavy atom. The quantitative estimate of drug-likeness (QED) is 0.429. The van der Waals surface area contributed by atoms with Crippen molar-refractivity contribution in [1.82, 2.24) is 15.4 Å². The summed E-state index contributed by atoms with van der Waals surface area (Å²) >= 11 is 1.34. The van der Waals surface area contributed by atoms with Gasteiger partial charge in [0.05, 0.1) is 12.0 Å². The van der Waals surface area contributed by atoms with Crippen LogP contribution in [0.3, 0.4) is 0 Å². The van der Waals surface area contributed by atoms with Crippen LogP contribution in [0.5, 0.6) is 0 Å². The first-order valence-corrected chi connectivity index (χ1v) is 9.64. The summed E-state index contributed by atoms with van der Waals surface area (Å²) in [4.78, 5) is 38.2. The summed E-state index contributed by atoms with van der Waals surface area (Å²) in [6.45, 7) is 5.13. The zero-order valence-corrected chi connectivity index (χ0v) is 19.3. The standard InChI is InChI=1S/C19H19N3O5S.Na/c1-9-11(12(21-27-9)10-7-5-4-6-8-10)15(23)20-13-16(24)22-14(18(25)26)19(2,3)28-17(13)22;/h4-8,13-14,17H,1-3H3,(H,20,23)(H,25,26);/q;+1/p-1/t13-,14+,17-;/m0./s1. The maximum Gasteiger partial charge on any atom is 1.00 e. The largest absolute Gasteiger partial charge is 1.00 e. The van der Waals surface area contributed by atoms with Gasteiger partial charge in [-0.2, -0.15) is 0 Å². The number of hydrogen-bond acceptors (Lipinski definition) is 7. The number of aromatic nitrogens is 1. The molecule has 4 rings (SSSR count). The van der Waals surface area contributed by atoms with Crippen molar-refractivity contribution >= 4 is 29.5 Å². The smallest absolute Gasteiger partial charge is 0.548 e. The second-order valence-electron chi connectivity index (χ2n) is 7.36. The van der Waals surface area contributed by atoms with E-state index in [0.717, 1.165) is 5.56 Å². The Kier molecular flexibility index (Phi) is 5.88. The number of fused-ring (bicyclic) bond motifs is 1. The van der Waals surface area contributed by atoms with E-state index < -0.39 is 40.0 Å². The number of amides is 2. The van der Waals surface area contributed by atoms with Crippen LogP contribution < -0.4 is 40.0 Å². The molecule has 1 aromatic heterocycles. The van der Waals surface area contributed by atoms with Crippen LogP contribution in [0.15, 0.2) is 34.9 Å². The maximum absolute atomic E-state index is 12.9. The molecular formula is C19H18N3NaO5S. The fourth-order valence-corrected chi connectivity index (χ4v) is 5.39. The number of rotatable bonds is 4. The van der Waals surface area contributed by atoms with Crippen LogP contribution in [0.1, 0.15) is 30.0 Å². The van der Waals surface area contributed by atoms with Crippen molar-refractivity contribution in [3.8, 4) is 11.3 Å². The number of β-lactam (4-membered cyclic amide) rings is 1. The first kappa shape index (κ1) is 21.9. The van der Waals surface area contributed by atoms with E-state index in [9.17, 15) is 19.5 Å². The van der Waals surface area contributed by atoms with Crippen LogP contribution in [-0.2, 0) is 9.59 Å². The van der Waals surface area contributed by atoms with Gasteiger partial charge in [0.2, 0.25) is 5.91 Å². The molecule has 0 aliphatic carbocycles. The predicted octanol–water partition coefficient (Wildman–Crippen LogP) is -2.44. The molecule has 3 atom stereocenters.